The molecular weight excluding hydrogens is 176 g/mol. The van der Waals surface area contributed by atoms with Crippen LogP contribution in [-0.4, -0.2) is 15.1 Å². The molecule has 0 aromatic carbocycles. The second kappa shape index (κ2) is 3.52. The lowest BCUT2D eigenvalue weighted by molar-refractivity contribution is 0.185. The zero-order chi connectivity index (χ0) is 9.97. The Hall–Kier alpha value is -1.79. The van der Waals surface area contributed by atoms with Gasteiger partial charge in [0.05, 0.1) is 6.10 Å². The third-order valence-electron chi connectivity index (χ3n) is 2.15. The van der Waals surface area contributed by atoms with E-state index >= 15 is 0 Å². The average Bonchev–Trinajstić information content (AvgIpc) is 2.61. The number of rotatable bonds is 2. The highest BCUT2D eigenvalue weighted by Gasteiger charge is 2.11. The first-order chi connectivity index (χ1) is 6.83. The van der Waals surface area contributed by atoms with Crippen molar-refractivity contribution in [3.8, 4) is 12.3 Å². The monoisotopic (exact) mass is 186 g/mol. The number of hydrogen-bond acceptors (Lipinski definition) is 2. The van der Waals surface area contributed by atoms with Crippen LogP contribution in [-0.2, 0) is 0 Å². The molecule has 1 unspecified atom stereocenters. The summed E-state index contributed by atoms with van der Waals surface area (Å²) in [5, 5.41) is 10.6. The molecule has 3 heteroatoms. The Morgan fingerprint density at radius 2 is 2.50 bits per heavy atom. The Labute approximate surface area is 81.8 Å². The summed E-state index contributed by atoms with van der Waals surface area (Å²) in [6, 6.07) is 3.75. The van der Waals surface area contributed by atoms with Gasteiger partial charge in [-0.1, -0.05) is 0 Å². The summed E-state index contributed by atoms with van der Waals surface area (Å²) < 4.78 is 0. The summed E-state index contributed by atoms with van der Waals surface area (Å²) in [5.41, 5.74) is 1.59. The maximum atomic E-state index is 9.72. The minimum absolute atomic E-state index is 0.321. The third-order valence-corrected chi connectivity index (χ3v) is 2.15. The Balaban J connectivity index is 2.48. The molecule has 2 N–H and O–H groups in total. The first-order valence-electron chi connectivity index (χ1n) is 4.36. The molecule has 1 atom stereocenters. The number of aromatic nitrogens is 2. The van der Waals surface area contributed by atoms with Crippen LogP contribution in [0, 0.1) is 12.3 Å². The lowest BCUT2D eigenvalue weighted by Crippen LogP contribution is -1.93. The van der Waals surface area contributed by atoms with E-state index in [4.69, 9.17) is 6.42 Å². The predicted octanol–water partition coefficient (Wildman–Crippen LogP) is 1.62. The molecule has 0 aliphatic heterocycles. The van der Waals surface area contributed by atoms with Gasteiger partial charge in [-0.3, -0.25) is 0 Å². The molecule has 14 heavy (non-hydrogen) atoms. The van der Waals surface area contributed by atoms with Gasteiger partial charge in [0.25, 0.3) is 0 Å². The van der Waals surface area contributed by atoms with Gasteiger partial charge < -0.3 is 10.1 Å². The average molecular weight is 186 g/mol. The molecule has 0 aliphatic carbocycles. The molecule has 0 aliphatic rings. The number of fused-ring (bicyclic) bond motifs is 1. The molecule has 3 nitrogen and oxygen atoms in total. The van der Waals surface area contributed by atoms with Gasteiger partial charge >= 0.3 is 0 Å². The van der Waals surface area contributed by atoms with Gasteiger partial charge in [0.1, 0.15) is 5.65 Å². The highest BCUT2D eigenvalue weighted by atomic mass is 16.3. The fraction of sp³-hybridized carbons (Fsp3) is 0.182. The van der Waals surface area contributed by atoms with E-state index in [1.54, 1.807) is 12.4 Å². The zero-order valence-electron chi connectivity index (χ0n) is 7.57. The van der Waals surface area contributed by atoms with Crippen LogP contribution >= 0.6 is 0 Å². The highest BCUT2D eigenvalue weighted by molar-refractivity contribution is 5.79. The van der Waals surface area contributed by atoms with Crippen molar-refractivity contribution in [3.63, 3.8) is 0 Å². The molecule has 2 heterocycles. The molecule has 2 aromatic heterocycles. The van der Waals surface area contributed by atoms with Crippen LogP contribution < -0.4 is 0 Å². The van der Waals surface area contributed by atoms with Crippen molar-refractivity contribution in [2.24, 2.45) is 0 Å². The number of nitrogens with one attached hydrogen (secondary N) is 1. The van der Waals surface area contributed by atoms with Crippen molar-refractivity contribution in [1.82, 2.24) is 9.97 Å². The topological polar surface area (TPSA) is 48.9 Å². The van der Waals surface area contributed by atoms with Gasteiger partial charge in [0.2, 0.25) is 0 Å². The summed E-state index contributed by atoms with van der Waals surface area (Å²) in [6.07, 6.45) is 8.31. The van der Waals surface area contributed by atoms with E-state index in [0.717, 1.165) is 16.6 Å². The molecule has 0 saturated carbocycles. The number of H-pyrrole nitrogens is 1. The standard InChI is InChI=1S/C11H10N2O/c1-2-4-10(14)9-7-13-11-8(9)5-3-6-12-11/h1,3,5-7,10,14H,4H2,(H,12,13). The summed E-state index contributed by atoms with van der Waals surface area (Å²) >= 11 is 0. The van der Waals surface area contributed by atoms with Crippen LogP contribution in [0.15, 0.2) is 24.5 Å². The molecule has 2 aromatic rings. The smallest absolute Gasteiger partial charge is 0.137 e. The summed E-state index contributed by atoms with van der Waals surface area (Å²) in [6.45, 7) is 0. The Morgan fingerprint density at radius 1 is 1.64 bits per heavy atom. The number of aromatic amines is 1. The maximum absolute atomic E-state index is 9.72. The normalized spacial score (nSPS) is 12.6. The molecule has 0 saturated heterocycles. The fourth-order valence-electron chi connectivity index (χ4n) is 1.47. The number of aliphatic hydroxyl groups is 1. The molecule has 0 radical (unpaired) electrons. The summed E-state index contributed by atoms with van der Waals surface area (Å²) in [4.78, 5) is 7.11. The lowest BCUT2D eigenvalue weighted by atomic mass is 10.1. The van der Waals surface area contributed by atoms with Crippen LogP contribution in [0.25, 0.3) is 11.0 Å². The molecule has 0 amide bonds. The van der Waals surface area contributed by atoms with Gasteiger partial charge in [-0.2, -0.15) is 0 Å². The Morgan fingerprint density at radius 3 is 3.29 bits per heavy atom. The van der Waals surface area contributed by atoms with Gasteiger partial charge in [0.15, 0.2) is 0 Å². The van der Waals surface area contributed by atoms with Gasteiger partial charge in [-0.15, -0.1) is 12.3 Å². The molecule has 2 rings (SSSR count). The van der Waals surface area contributed by atoms with Crippen LogP contribution in [0.4, 0.5) is 0 Å². The first-order valence-corrected chi connectivity index (χ1v) is 4.36. The van der Waals surface area contributed by atoms with Crippen LogP contribution in [0.2, 0.25) is 0 Å². The quantitative estimate of drug-likeness (QED) is 0.700. The molecule has 0 spiro atoms. The van der Waals surface area contributed by atoms with Crippen molar-refractivity contribution in [1.29, 1.82) is 0 Å². The van der Waals surface area contributed by atoms with Gasteiger partial charge in [-0.05, 0) is 12.1 Å². The second-order valence-corrected chi connectivity index (χ2v) is 3.07. The van der Waals surface area contributed by atoms with Crippen molar-refractivity contribution >= 4 is 11.0 Å². The largest absolute Gasteiger partial charge is 0.387 e. The summed E-state index contributed by atoms with van der Waals surface area (Å²) in [5.74, 6) is 2.44. The van der Waals surface area contributed by atoms with E-state index in [1.807, 2.05) is 12.1 Å². The zero-order valence-corrected chi connectivity index (χ0v) is 7.57. The lowest BCUT2D eigenvalue weighted by Gasteiger charge is -2.04. The van der Waals surface area contributed by atoms with Crippen molar-refractivity contribution < 1.29 is 5.11 Å². The van der Waals surface area contributed by atoms with Gasteiger partial charge in [0, 0.05) is 29.8 Å². The van der Waals surface area contributed by atoms with E-state index in [1.165, 1.54) is 0 Å². The first kappa shape index (κ1) is 8.79. The third kappa shape index (κ3) is 1.36. The number of aliphatic hydroxyl groups excluding tert-OH is 1. The number of pyridine rings is 1. The molecule has 0 bridgehead atoms. The van der Waals surface area contributed by atoms with Crippen molar-refractivity contribution in [2.75, 3.05) is 0 Å². The van der Waals surface area contributed by atoms with E-state index in [0.29, 0.717) is 6.42 Å². The minimum atomic E-state index is -0.613. The van der Waals surface area contributed by atoms with Gasteiger partial charge in [-0.25, -0.2) is 4.98 Å². The van der Waals surface area contributed by atoms with Crippen LogP contribution in [0.5, 0.6) is 0 Å². The molecule has 70 valence electrons. The van der Waals surface area contributed by atoms with Crippen LogP contribution in [0.1, 0.15) is 18.1 Å². The highest BCUT2D eigenvalue weighted by Crippen LogP contribution is 2.24. The van der Waals surface area contributed by atoms with E-state index < -0.39 is 6.10 Å². The fourth-order valence-corrected chi connectivity index (χ4v) is 1.47. The van der Waals surface area contributed by atoms with E-state index in [9.17, 15) is 5.11 Å². The second-order valence-electron chi connectivity index (χ2n) is 3.07. The SMILES string of the molecule is C#CCC(O)c1c[nH]c2ncccc12. The molecule has 0 fully saturated rings. The Bertz CT molecular complexity index is 481. The minimum Gasteiger partial charge on any atom is -0.387 e. The Kier molecular flexibility index (Phi) is 2.21. The number of hydrogen-bond donors (Lipinski definition) is 2. The number of terminal acetylenes is 1. The predicted molar refractivity (Wildman–Crippen MR) is 54.5 cm³/mol. The molecular formula is C11H10N2O. The van der Waals surface area contributed by atoms with Crippen molar-refractivity contribution in [3.05, 3.63) is 30.1 Å². The maximum Gasteiger partial charge on any atom is 0.137 e. The number of nitrogens with zero attached hydrogens (tertiary/aromatic N) is 1. The van der Waals surface area contributed by atoms with E-state index in [-0.39, 0.29) is 0 Å². The van der Waals surface area contributed by atoms with E-state index in [2.05, 4.69) is 15.9 Å². The summed E-state index contributed by atoms with van der Waals surface area (Å²) in [7, 11) is 0. The van der Waals surface area contributed by atoms with Crippen LogP contribution in [0.3, 0.4) is 0 Å². The van der Waals surface area contributed by atoms with Crippen molar-refractivity contribution in [2.45, 2.75) is 12.5 Å².